The first-order valence-corrected chi connectivity index (χ1v) is 9.87. The molecule has 0 bridgehead atoms. The van der Waals surface area contributed by atoms with Crippen LogP contribution in [0.4, 0.5) is 18.9 Å². The van der Waals surface area contributed by atoms with Crippen molar-refractivity contribution in [1.29, 1.82) is 0 Å². The summed E-state index contributed by atoms with van der Waals surface area (Å²) in [7, 11) is 0. The van der Waals surface area contributed by atoms with Gasteiger partial charge in [-0.3, -0.25) is 14.4 Å². The molecule has 1 aliphatic heterocycles. The molecule has 2 rings (SSSR count). The molecule has 1 aliphatic rings. The average molecular weight is 443 g/mol. The van der Waals surface area contributed by atoms with E-state index in [-0.39, 0.29) is 54.8 Å². The maximum atomic E-state index is 12.7. The van der Waals surface area contributed by atoms with Crippen molar-refractivity contribution < 1.29 is 42.2 Å². The first-order valence-electron chi connectivity index (χ1n) is 9.87. The Balaban J connectivity index is 2.38. The van der Waals surface area contributed by atoms with E-state index < -0.39 is 47.9 Å². The van der Waals surface area contributed by atoms with Gasteiger partial charge < -0.3 is 15.2 Å². The van der Waals surface area contributed by atoms with Crippen LogP contribution < -0.4 is 5.32 Å². The van der Waals surface area contributed by atoms with Crippen molar-refractivity contribution in [2.75, 3.05) is 11.9 Å². The monoisotopic (exact) mass is 443 g/mol. The van der Waals surface area contributed by atoms with Crippen molar-refractivity contribution in [3.05, 3.63) is 23.3 Å². The predicted molar refractivity (Wildman–Crippen MR) is 104 cm³/mol. The number of cyclic esters (lactones) is 1. The second-order valence-corrected chi connectivity index (χ2v) is 7.65. The van der Waals surface area contributed by atoms with E-state index in [1.165, 1.54) is 6.07 Å². The number of anilines is 1. The number of nitrogens with one attached hydrogen (secondary N) is 1. The zero-order chi connectivity index (χ0) is 23.3. The number of aromatic hydroxyl groups is 1. The van der Waals surface area contributed by atoms with Crippen LogP contribution >= 0.6 is 0 Å². The summed E-state index contributed by atoms with van der Waals surface area (Å²) in [6, 6.07) is 2.26. The highest BCUT2D eigenvalue weighted by Crippen LogP contribution is 2.30. The third-order valence-electron chi connectivity index (χ3n) is 5.17. The van der Waals surface area contributed by atoms with Crippen molar-refractivity contribution in [1.82, 2.24) is 0 Å². The molecule has 0 radical (unpaired) electrons. The Hall–Kier alpha value is -2.91. The Morgan fingerprint density at radius 1 is 1.06 bits per heavy atom. The molecule has 0 aromatic heterocycles. The van der Waals surface area contributed by atoms with E-state index in [0.29, 0.717) is 0 Å². The SMILES string of the molecule is C[C@@H]1CCC(=O)C(=O)C(=O)CCCc2cc(NCC(F)(F)F)cc(O)c2C(=O)O[C@H]1C. The highest BCUT2D eigenvalue weighted by atomic mass is 19.4. The summed E-state index contributed by atoms with van der Waals surface area (Å²) in [6.07, 6.45) is -5.33. The number of benzene rings is 1. The number of ketones is 3. The van der Waals surface area contributed by atoms with Gasteiger partial charge in [0, 0.05) is 24.6 Å². The molecule has 2 atom stereocenters. The fraction of sp³-hybridized carbons (Fsp3) is 0.524. The number of carbonyl (C=O) groups is 4. The molecule has 0 aliphatic carbocycles. The minimum atomic E-state index is -4.49. The molecular formula is C21H24F3NO6. The Bertz CT molecular complexity index is 881. The largest absolute Gasteiger partial charge is 0.507 e. The number of hydrogen-bond acceptors (Lipinski definition) is 7. The summed E-state index contributed by atoms with van der Waals surface area (Å²) in [6.45, 7) is 1.94. The van der Waals surface area contributed by atoms with Crippen LogP contribution in [0.3, 0.4) is 0 Å². The van der Waals surface area contributed by atoms with Gasteiger partial charge in [-0.1, -0.05) is 6.92 Å². The number of fused-ring (bicyclic) bond motifs is 1. The molecule has 10 heteroatoms. The van der Waals surface area contributed by atoms with Crippen molar-refractivity contribution in [3.8, 4) is 5.75 Å². The summed E-state index contributed by atoms with van der Waals surface area (Å²) in [5.74, 6) is -4.49. The lowest BCUT2D eigenvalue weighted by atomic mass is 9.94. The van der Waals surface area contributed by atoms with E-state index in [1.807, 2.05) is 0 Å². The van der Waals surface area contributed by atoms with Crippen LogP contribution in [0.15, 0.2) is 12.1 Å². The molecule has 0 saturated carbocycles. The molecule has 2 N–H and O–H groups in total. The molecule has 0 unspecified atom stereocenters. The number of aryl methyl sites for hydroxylation is 1. The number of hydrogen-bond donors (Lipinski definition) is 2. The van der Waals surface area contributed by atoms with Crippen LogP contribution in [0.25, 0.3) is 0 Å². The fourth-order valence-electron chi connectivity index (χ4n) is 3.18. The van der Waals surface area contributed by atoms with Crippen molar-refractivity contribution in [3.63, 3.8) is 0 Å². The number of Topliss-reactive ketones (excluding diaryl/α,β-unsaturated/α-hetero) is 3. The third kappa shape index (κ3) is 6.80. The third-order valence-corrected chi connectivity index (χ3v) is 5.17. The van der Waals surface area contributed by atoms with Crippen molar-refractivity contribution >= 4 is 29.0 Å². The van der Waals surface area contributed by atoms with E-state index in [1.54, 1.807) is 13.8 Å². The van der Waals surface area contributed by atoms with E-state index >= 15 is 0 Å². The topological polar surface area (TPSA) is 110 Å². The van der Waals surface area contributed by atoms with E-state index in [0.717, 1.165) is 6.07 Å². The molecule has 1 aromatic rings. The zero-order valence-corrected chi connectivity index (χ0v) is 17.2. The molecule has 1 heterocycles. The van der Waals surface area contributed by atoms with Gasteiger partial charge in [-0.05, 0) is 43.7 Å². The van der Waals surface area contributed by atoms with Crippen LogP contribution in [0, 0.1) is 5.92 Å². The van der Waals surface area contributed by atoms with E-state index in [9.17, 15) is 37.5 Å². The number of rotatable bonds is 2. The lowest BCUT2D eigenvalue weighted by Crippen LogP contribution is -2.27. The van der Waals surface area contributed by atoms with Crippen LogP contribution in [-0.2, 0) is 25.5 Å². The zero-order valence-electron chi connectivity index (χ0n) is 17.2. The Kier molecular flexibility index (Phi) is 7.80. The molecule has 31 heavy (non-hydrogen) atoms. The number of halogens is 3. The van der Waals surface area contributed by atoms with Gasteiger partial charge in [-0.2, -0.15) is 13.2 Å². The van der Waals surface area contributed by atoms with Crippen LogP contribution in [0.1, 0.15) is 55.5 Å². The molecule has 1 aromatic carbocycles. The smallest absolute Gasteiger partial charge is 0.405 e. The number of phenolic OH excluding ortho intramolecular Hbond substituents is 1. The number of carbonyl (C=O) groups excluding carboxylic acids is 4. The normalized spacial score (nSPS) is 21.8. The molecule has 0 spiro atoms. The summed E-state index contributed by atoms with van der Waals surface area (Å²) in [5.41, 5.74) is -0.108. The Morgan fingerprint density at radius 2 is 1.71 bits per heavy atom. The Labute approximate surface area is 177 Å². The standard InChI is InChI=1S/C21H24F3NO6/c1-11-6-7-16(27)19(29)15(26)5-3-4-13-8-14(25-10-21(22,23)24)9-17(28)18(13)20(30)31-12(11)2/h8-9,11-12,25,28H,3-7,10H2,1-2H3/t11-,12+/m1/s1. The predicted octanol–water partition coefficient (Wildman–Crippen LogP) is 3.37. The molecule has 170 valence electrons. The number of ether oxygens (including phenoxy) is 1. The van der Waals surface area contributed by atoms with Gasteiger partial charge in [0.1, 0.15) is 24.0 Å². The van der Waals surface area contributed by atoms with Gasteiger partial charge >= 0.3 is 12.1 Å². The van der Waals surface area contributed by atoms with E-state index in [2.05, 4.69) is 5.32 Å². The fourth-order valence-corrected chi connectivity index (χ4v) is 3.18. The minimum absolute atomic E-state index is 0.00330. The first kappa shape index (κ1) is 24.4. The highest BCUT2D eigenvalue weighted by molar-refractivity contribution is 6.63. The minimum Gasteiger partial charge on any atom is -0.507 e. The van der Waals surface area contributed by atoms with Gasteiger partial charge in [0.25, 0.3) is 5.78 Å². The summed E-state index contributed by atoms with van der Waals surface area (Å²) >= 11 is 0. The molecular weight excluding hydrogens is 419 g/mol. The van der Waals surface area contributed by atoms with Crippen molar-refractivity contribution in [2.24, 2.45) is 5.92 Å². The number of alkyl halides is 3. The van der Waals surface area contributed by atoms with Gasteiger partial charge in [0.15, 0.2) is 0 Å². The van der Waals surface area contributed by atoms with Gasteiger partial charge in [-0.25, -0.2) is 4.79 Å². The molecule has 0 amide bonds. The molecule has 7 nitrogen and oxygen atoms in total. The summed E-state index contributed by atoms with van der Waals surface area (Å²) < 4.78 is 42.9. The number of esters is 1. The lowest BCUT2D eigenvalue weighted by molar-refractivity contribution is -0.144. The summed E-state index contributed by atoms with van der Waals surface area (Å²) in [5, 5.41) is 12.5. The lowest BCUT2D eigenvalue weighted by Gasteiger charge is -2.22. The van der Waals surface area contributed by atoms with Gasteiger partial charge in [0.05, 0.1) is 0 Å². The van der Waals surface area contributed by atoms with Crippen molar-refractivity contribution in [2.45, 2.75) is 58.2 Å². The maximum absolute atomic E-state index is 12.7. The summed E-state index contributed by atoms with van der Waals surface area (Å²) in [4.78, 5) is 48.6. The average Bonchev–Trinajstić information content (AvgIpc) is 2.67. The number of phenols is 1. The van der Waals surface area contributed by atoms with Gasteiger partial charge in [0.2, 0.25) is 11.6 Å². The second kappa shape index (κ2) is 9.93. The van der Waals surface area contributed by atoms with E-state index in [4.69, 9.17) is 4.74 Å². The van der Waals surface area contributed by atoms with Crippen LogP contribution in [0.2, 0.25) is 0 Å². The maximum Gasteiger partial charge on any atom is 0.405 e. The van der Waals surface area contributed by atoms with Crippen LogP contribution in [-0.4, -0.2) is 47.3 Å². The first-order chi connectivity index (χ1) is 14.4. The van der Waals surface area contributed by atoms with Crippen LogP contribution in [0.5, 0.6) is 5.75 Å². The molecule has 0 saturated heterocycles. The Morgan fingerprint density at radius 3 is 2.35 bits per heavy atom. The van der Waals surface area contributed by atoms with Gasteiger partial charge in [-0.15, -0.1) is 0 Å². The highest BCUT2D eigenvalue weighted by Gasteiger charge is 2.29. The second-order valence-electron chi connectivity index (χ2n) is 7.65. The quantitative estimate of drug-likeness (QED) is 0.533. The molecule has 0 fully saturated rings.